The van der Waals surface area contributed by atoms with E-state index in [0.717, 1.165) is 28.5 Å². The minimum absolute atomic E-state index is 0. The summed E-state index contributed by atoms with van der Waals surface area (Å²) in [7, 11) is 0. The summed E-state index contributed by atoms with van der Waals surface area (Å²) in [6.45, 7) is 5.46. The van der Waals surface area contributed by atoms with Gasteiger partial charge in [0, 0.05) is 17.7 Å². The molecule has 0 bridgehead atoms. The lowest BCUT2D eigenvalue weighted by Gasteiger charge is -2.12. The number of para-hydroxylation sites is 1. The smallest absolute Gasteiger partial charge is 0.169 e. The van der Waals surface area contributed by atoms with E-state index in [-0.39, 0.29) is 12.4 Å². The Hall–Kier alpha value is -2.04. The zero-order chi connectivity index (χ0) is 17.2. The molecule has 0 saturated carbocycles. The van der Waals surface area contributed by atoms with E-state index in [1.54, 1.807) is 11.8 Å². The van der Waals surface area contributed by atoms with Crippen LogP contribution in [0.3, 0.4) is 0 Å². The average molecular weight is 384 g/mol. The number of pyridine rings is 1. The zero-order valence-corrected chi connectivity index (χ0v) is 16.6. The molecule has 4 rings (SSSR count). The van der Waals surface area contributed by atoms with Crippen molar-refractivity contribution >= 4 is 46.1 Å². The normalized spacial score (nSPS) is 11.2. The molecule has 0 saturated heterocycles. The van der Waals surface area contributed by atoms with E-state index in [4.69, 9.17) is 4.98 Å². The van der Waals surface area contributed by atoms with Gasteiger partial charge in [-0.2, -0.15) is 0 Å². The van der Waals surface area contributed by atoms with Gasteiger partial charge in [-0.15, -0.1) is 12.4 Å². The monoisotopic (exact) mass is 383 g/mol. The van der Waals surface area contributed by atoms with Gasteiger partial charge in [-0.3, -0.25) is 4.98 Å². The summed E-state index contributed by atoms with van der Waals surface area (Å²) >= 11 is 1.80. The number of nitrogens with zero attached hydrogens (tertiary/aromatic N) is 3. The SMILES string of the molecule is CC(C)Cn1c(SCc2ccccc2)nc2cnc3ccccc3c21.Cl. The highest BCUT2D eigenvalue weighted by atomic mass is 35.5. The molecule has 0 fully saturated rings. The second-order valence-corrected chi connectivity index (χ2v) is 7.62. The van der Waals surface area contributed by atoms with Gasteiger partial charge >= 0.3 is 0 Å². The molecule has 0 amide bonds. The average Bonchev–Trinajstić information content (AvgIpc) is 2.98. The zero-order valence-electron chi connectivity index (χ0n) is 14.9. The maximum Gasteiger partial charge on any atom is 0.169 e. The summed E-state index contributed by atoms with van der Waals surface area (Å²) in [4.78, 5) is 9.47. The quantitative estimate of drug-likeness (QED) is 0.398. The van der Waals surface area contributed by atoms with E-state index in [2.05, 4.69) is 71.9 Å². The number of imidazole rings is 1. The van der Waals surface area contributed by atoms with Gasteiger partial charge in [0.25, 0.3) is 0 Å². The van der Waals surface area contributed by atoms with E-state index in [1.807, 2.05) is 12.3 Å². The van der Waals surface area contributed by atoms with Crippen molar-refractivity contribution in [2.75, 3.05) is 0 Å². The molecule has 2 aromatic carbocycles. The summed E-state index contributed by atoms with van der Waals surface area (Å²) in [5.74, 6) is 1.48. The Balaban J connectivity index is 0.00000196. The van der Waals surface area contributed by atoms with Crippen LogP contribution in [0.5, 0.6) is 0 Å². The summed E-state index contributed by atoms with van der Waals surface area (Å²) < 4.78 is 2.37. The molecule has 0 aliphatic heterocycles. The second-order valence-electron chi connectivity index (χ2n) is 6.68. The maximum atomic E-state index is 4.89. The first-order valence-electron chi connectivity index (χ1n) is 8.63. The number of rotatable bonds is 5. The van der Waals surface area contributed by atoms with E-state index in [0.29, 0.717) is 5.92 Å². The molecule has 0 N–H and O–H groups in total. The first kappa shape index (κ1) is 18.7. The number of halogens is 1. The first-order chi connectivity index (χ1) is 12.2. The van der Waals surface area contributed by atoms with E-state index >= 15 is 0 Å². The van der Waals surface area contributed by atoms with Crippen LogP contribution < -0.4 is 0 Å². The molecular weight excluding hydrogens is 362 g/mol. The second kappa shape index (κ2) is 8.11. The predicted molar refractivity (Wildman–Crippen MR) is 113 cm³/mol. The van der Waals surface area contributed by atoms with Gasteiger partial charge in [-0.25, -0.2) is 4.98 Å². The Bertz CT molecular complexity index is 1010. The highest BCUT2D eigenvalue weighted by Gasteiger charge is 2.15. The van der Waals surface area contributed by atoms with Gasteiger partial charge in [-0.05, 0) is 17.5 Å². The van der Waals surface area contributed by atoms with Crippen molar-refractivity contribution in [2.24, 2.45) is 5.92 Å². The van der Waals surface area contributed by atoms with Crippen molar-refractivity contribution < 1.29 is 0 Å². The minimum Gasteiger partial charge on any atom is -0.318 e. The number of hydrogen-bond acceptors (Lipinski definition) is 3. The van der Waals surface area contributed by atoms with Gasteiger partial charge in [0.05, 0.1) is 17.2 Å². The fraction of sp³-hybridized carbons (Fsp3) is 0.238. The fourth-order valence-electron chi connectivity index (χ4n) is 3.11. The molecule has 3 nitrogen and oxygen atoms in total. The Morgan fingerprint density at radius 3 is 2.46 bits per heavy atom. The molecule has 0 spiro atoms. The summed E-state index contributed by atoms with van der Waals surface area (Å²) in [6, 6.07) is 18.9. The Morgan fingerprint density at radius 2 is 1.69 bits per heavy atom. The van der Waals surface area contributed by atoms with Gasteiger partial charge in [0.1, 0.15) is 5.52 Å². The van der Waals surface area contributed by atoms with E-state index in [9.17, 15) is 0 Å². The number of hydrogen-bond donors (Lipinski definition) is 0. The Kier molecular flexibility index (Phi) is 5.84. The third-order valence-corrected chi connectivity index (χ3v) is 5.25. The van der Waals surface area contributed by atoms with Crippen LogP contribution in [0.4, 0.5) is 0 Å². The molecule has 5 heteroatoms. The van der Waals surface area contributed by atoms with Crippen LogP contribution in [0.15, 0.2) is 66.0 Å². The van der Waals surface area contributed by atoms with Crippen molar-refractivity contribution in [3.8, 4) is 0 Å². The molecule has 0 aliphatic rings. The van der Waals surface area contributed by atoms with Gasteiger partial charge in [-0.1, -0.05) is 74.1 Å². The molecule has 134 valence electrons. The van der Waals surface area contributed by atoms with Crippen LogP contribution in [0.1, 0.15) is 19.4 Å². The molecular formula is C21H22ClN3S. The molecule has 2 heterocycles. The lowest BCUT2D eigenvalue weighted by molar-refractivity contribution is 0.505. The fourth-order valence-corrected chi connectivity index (χ4v) is 4.08. The third-order valence-electron chi connectivity index (χ3n) is 4.20. The van der Waals surface area contributed by atoms with Crippen LogP contribution >= 0.6 is 24.2 Å². The van der Waals surface area contributed by atoms with Crippen LogP contribution in [-0.4, -0.2) is 14.5 Å². The molecule has 2 aromatic heterocycles. The molecule has 0 aliphatic carbocycles. The van der Waals surface area contributed by atoms with Crippen molar-refractivity contribution in [3.05, 3.63) is 66.4 Å². The van der Waals surface area contributed by atoms with Gasteiger partial charge in [0.2, 0.25) is 0 Å². The van der Waals surface area contributed by atoms with Gasteiger partial charge < -0.3 is 4.57 Å². The van der Waals surface area contributed by atoms with Crippen LogP contribution in [0.2, 0.25) is 0 Å². The minimum atomic E-state index is 0. The van der Waals surface area contributed by atoms with Crippen molar-refractivity contribution in [2.45, 2.75) is 31.3 Å². The molecule has 0 atom stereocenters. The lowest BCUT2D eigenvalue weighted by atomic mass is 10.2. The molecule has 0 radical (unpaired) electrons. The number of fused-ring (bicyclic) bond motifs is 3. The van der Waals surface area contributed by atoms with E-state index in [1.165, 1.54) is 16.5 Å². The summed E-state index contributed by atoms with van der Waals surface area (Å²) in [5, 5.41) is 2.26. The van der Waals surface area contributed by atoms with Crippen LogP contribution in [0.25, 0.3) is 21.9 Å². The number of aromatic nitrogens is 3. The topological polar surface area (TPSA) is 30.7 Å². The lowest BCUT2D eigenvalue weighted by Crippen LogP contribution is -2.06. The molecule has 4 aromatic rings. The predicted octanol–water partition coefficient (Wildman–Crippen LogP) is 5.95. The maximum absolute atomic E-state index is 4.89. The summed E-state index contributed by atoms with van der Waals surface area (Å²) in [5.41, 5.74) is 4.53. The van der Waals surface area contributed by atoms with Crippen LogP contribution in [-0.2, 0) is 12.3 Å². The standard InChI is InChI=1S/C21H21N3S.ClH/c1-15(2)13-24-20-17-10-6-7-11-18(17)22-12-19(20)23-21(24)25-14-16-8-4-3-5-9-16;/h3-12,15H,13-14H2,1-2H3;1H. The first-order valence-corrected chi connectivity index (χ1v) is 9.61. The third kappa shape index (κ3) is 3.71. The molecule has 0 unspecified atom stereocenters. The van der Waals surface area contributed by atoms with Crippen molar-refractivity contribution in [1.29, 1.82) is 0 Å². The summed E-state index contributed by atoms with van der Waals surface area (Å²) in [6.07, 6.45) is 1.90. The van der Waals surface area contributed by atoms with Crippen LogP contribution in [0, 0.1) is 5.92 Å². The van der Waals surface area contributed by atoms with Crippen molar-refractivity contribution in [1.82, 2.24) is 14.5 Å². The largest absolute Gasteiger partial charge is 0.318 e. The van der Waals surface area contributed by atoms with Gasteiger partial charge in [0.15, 0.2) is 5.16 Å². The Morgan fingerprint density at radius 1 is 0.962 bits per heavy atom. The number of thioether (sulfide) groups is 1. The van der Waals surface area contributed by atoms with E-state index < -0.39 is 0 Å². The molecule has 26 heavy (non-hydrogen) atoms. The highest BCUT2D eigenvalue weighted by Crippen LogP contribution is 2.31. The number of benzene rings is 2. The highest BCUT2D eigenvalue weighted by molar-refractivity contribution is 7.98. The Labute approximate surface area is 164 Å². The van der Waals surface area contributed by atoms with Crippen molar-refractivity contribution in [3.63, 3.8) is 0 Å².